The highest BCUT2D eigenvalue weighted by Crippen LogP contribution is 2.14. The minimum Gasteiger partial charge on any atom is -0.444 e. The van der Waals surface area contributed by atoms with Gasteiger partial charge in [0.25, 0.3) is 0 Å². The van der Waals surface area contributed by atoms with Gasteiger partial charge in [0.1, 0.15) is 11.4 Å². The monoisotopic (exact) mass is 319 g/mol. The van der Waals surface area contributed by atoms with E-state index in [1.807, 2.05) is 38.5 Å². The topological polar surface area (TPSA) is 84.8 Å². The lowest BCUT2D eigenvalue weighted by molar-refractivity contribution is 0.0506. The number of aryl methyl sites for hydroxylation is 2. The summed E-state index contributed by atoms with van der Waals surface area (Å²) in [5.41, 5.74) is 0.447. The number of hydrogen-bond acceptors (Lipinski definition) is 4. The quantitative estimate of drug-likeness (QED) is 0.857. The molecule has 0 bridgehead atoms. The van der Waals surface area contributed by atoms with Crippen LogP contribution in [0.1, 0.15) is 51.7 Å². The second-order valence-corrected chi connectivity index (χ2v) is 6.52. The van der Waals surface area contributed by atoms with Gasteiger partial charge in [-0.15, -0.1) is 0 Å². The molecule has 0 aliphatic rings. The van der Waals surface area contributed by atoms with E-state index >= 15 is 0 Å². The van der Waals surface area contributed by atoms with Gasteiger partial charge in [0, 0.05) is 25.4 Å². The second kappa shape index (κ2) is 7.30. The van der Waals surface area contributed by atoms with Gasteiger partial charge in [0.2, 0.25) is 0 Å². The average Bonchev–Trinajstić information content (AvgIpc) is 3.07. The van der Waals surface area contributed by atoms with Crippen LogP contribution in [-0.4, -0.2) is 31.2 Å². The van der Waals surface area contributed by atoms with Crippen molar-refractivity contribution in [1.29, 1.82) is 0 Å². The number of imidazole rings is 2. The van der Waals surface area contributed by atoms with Gasteiger partial charge in [-0.3, -0.25) is 0 Å². The van der Waals surface area contributed by atoms with E-state index in [4.69, 9.17) is 4.74 Å². The Bertz CT molecular complexity index is 613. The third kappa shape index (κ3) is 5.43. The molecule has 0 aromatic carbocycles. The molecule has 2 aromatic rings. The number of carbonyl (C=O) groups is 1. The number of amides is 1. The van der Waals surface area contributed by atoms with Crippen LogP contribution in [-0.2, 0) is 17.7 Å². The number of aromatic nitrogens is 4. The van der Waals surface area contributed by atoms with Crippen LogP contribution in [0.4, 0.5) is 4.79 Å². The van der Waals surface area contributed by atoms with Crippen LogP contribution in [0.15, 0.2) is 24.9 Å². The molecule has 7 nitrogen and oxygen atoms in total. The fourth-order valence-electron chi connectivity index (χ4n) is 2.29. The Morgan fingerprint density at radius 3 is 2.91 bits per heavy atom. The van der Waals surface area contributed by atoms with E-state index in [0.717, 1.165) is 30.9 Å². The molecule has 23 heavy (non-hydrogen) atoms. The summed E-state index contributed by atoms with van der Waals surface area (Å²) in [6.07, 6.45) is 8.53. The van der Waals surface area contributed by atoms with Crippen LogP contribution in [0, 0.1) is 0 Å². The van der Waals surface area contributed by atoms with Gasteiger partial charge >= 0.3 is 6.09 Å². The highest BCUT2D eigenvalue weighted by atomic mass is 16.6. The first kappa shape index (κ1) is 17.1. The van der Waals surface area contributed by atoms with Crippen molar-refractivity contribution in [2.75, 3.05) is 0 Å². The molecule has 0 aliphatic carbocycles. The Labute approximate surface area is 136 Å². The normalized spacial score (nSPS) is 12.9. The maximum absolute atomic E-state index is 11.9. The van der Waals surface area contributed by atoms with Crippen molar-refractivity contribution in [3.05, 3.63) is 36.4 Å². The molecule has 0 radical (unpaired) electrons. The van der Waals surface area contributed by atoms with Gasteiger partial charge in [-0.1, -0.05) is 0 Å². The summed E-state index contributed by atoms with van der Waals surface area (Å²) >= 11 is 0. The van der Waals surface area contributed by atoms with Crippen molar-refractivity contribution in [2.45, 2.75) is 58.7 Å². The summed E-state index contributed by atoms with van der Waals surface area (Å²) in [6, 6.07) is -0.170. The number of nitrogens with zero attached hydrogens (tertiary/aromatic N) is 3. The van der Waals surface area contributed by atoms with Crippen molar-refractivity contribution < 1.29 is 9.53 Å². The lowest BCUT2D eigenvalue weighted by atomic mass is 10.2. The summed E-state index contributed by atoms with van der Waals surface area (Å²) in [5, 5.41) is 2.84. The van der Waals surface area contributed by atoms with Crippen molar-refractivity contribution in [3.63, 3.8) is 0 Å². The smallest absolute Gasteiger partial charge is 0.408 e. The number of rotatable bonds is 6. The molecule has 126 valence electrons. The van der Waals surface area contributed by atoms with Crippen LogP contribution in [0.2, 0.25) is 0 Å². The molecule has 2 aromatic heterocycles. The van der Waals surface area contributed by atoms with Crippen LogP contribution in [0.5, 0.6) is 0 Å². The van der Waals surface area contributed by atoms with Crippen molar-refractivity contribution in [3.8, 4) is 0 Å². The molecule has 2 N–H and O–H groups in total. The maximum Gasteiger partial charge on any atom is 0.408 e. The van der Waals surface area contributed by atoms with Crippen molar-refractivity contribution in [2.24, 2.45) is 0 Å². The van der Waals surface area contributed by atoms with Gasteiger partial charge in [0.15, 0.2) is 0 Å². The Hall–Kier alpha value is -2.31. The van der Waals surface area contributed by atoms with Crippen LogP contribution < -0.4 is 5.32 Å². The minimum atomic E-state index is -0.507. The molecule has 1 atom stereocenters. The molecule has 2 heterocycles. The Morgan fingerprint density at radius 1 is 1.48 bits per heavy atom. The number of alkyl carbamates (subject to hydrolysis) is 1. The summed E-state index contributed by atoms with van der Waals surface area (Å²) in [6.45, 7) is 8.27. The largest absolute Gasteiger partial charge is 0.444 e. The first-order valence-corrected chi connectivity index (χ1v) is 7.83. The number of aromatic amines is 1. The lowest BCUT2D eigenvalue weighted by Gasteiger charge is -2.22. The summed E-state index contributed by atoms with van der Waals surface area (Å²) < 4.78 is 7.33. The number of H-pyrrole nitrogens is 1. The van der Waals surface area contributed by atoms with E-state index in [-0.39, 0.29) is 6.04 Å². The molecule has 0 saturated heterocycles. The summed E-state index contributed by atoms with van der Waals surface area (Å²) in [5.74, 6) is 0.978. The summed E-state index contributed by atoms with van der Waals surface area (Å²) in [4.78, 5) is 23.4. The van der Waals surface area contributed by atoms with Crippen LogP contribution >= 0.6 is 0 Å². The molecule has 1 amide bonds. The van der Waals surface area contributed by atoms with Gasteiger partial charge in [-0.2, -0.15) is 0 Å². The molecule has 7 heteroatoms. The van der Waals surface area contributed by atoms with Gasteiger partial charge < -0.3 is 19.6 Å². The first-order chi connectivity index (χ1) is 10.8. The van der Waals surface area contributed by atoms with Gasteiger partial charge in [-0.25, -0.2) is 14.8 Å². The zero-order valence-electron chi connectivity index (χ0n) is 14.2. The predicted molar refractivity (Wildman–Crippen MR) is 86.9 cm³/mol. The zero-order chi connectivity index (χ0) is 16.9. The van der Waals surface area contributed by atoms with E-state index in [2.05, 4.69) is 20.3 Å². The molecule has 0 spiro atoms. The number of nitrogens with one attached hydrogen (secondary N) is 2. The van der Waals surface area contributed by atoms with E-state index in [9.17, 15) is 4.79 Å². The van der Waals surface area contributed by atoms with Crippen LogP contribution in [0.25, 0.3) is 0 Å². The SMILES string of the molecule is C[C@H](NC(=O)OC(C)(C)C)c1cncn1CCCc1ncc[nH]1. The molecule has 0 unspecified atom stereocenters. The average molecular weight is 319 g/mol. The third-order valence-corrected chi connectivity index (χ3v) is 3.29. The van der Waals surface area contributed by atoms with E-state index in [0.29, 0.717) is 0 Å². The second-order valence-electron chi connectivity index (χ2n) is 6.52. The fourth-order valence-corrected chi connectivity index (χ4v) is 2.29. The number of hydrogen-bond donors (Lipinski definition) is 2. The lowest BCUT2D eigenvalue weighted by Crippen LogP contribution is -2.34. The Morgan fingerprint density at radius 2 is 2.26 bits per heavy atom. The molecule has 0 saturated carbocycles. The Kier molecular flexibility index (Phi) is 5.41. The highest BCUT2D eigenvalue weighted by molar-refractivity contribution is 5.68. The maximum atomic E-state index is 11.9. The predicted octanol–water partition coefficient (Wildman–Crippen LogP) is 2.82. The zero-order valence-corrected chi connectivity index (χ0v) is 14.2. The molecule has 2 rings (SSSR count). The minimum absolute atomic E-state index is 0.170. The first-order valence-electron chi connectivity index (χ1n) is 7.83. The summed E-state index contributed by atoms with van der Waals surface area (Å²) in [7, 11) is 0. The molecular weight excluding hydrogens is 294 g/mol. The van der Waals surface area contributed by atoms with Crippen molar-refractivity contribution >= 4 is 6.09 Å². The van der Waals surface area contributed by atoms with Crippen molar-refractivity contribution in [1.82, 2.24) is 24.8 Å². The molecule has 0 aliphatic heterocycles. The standard InChI is InChI=1S/C16H25N5O2/c1-12(20-15(22)23-16(2,3)4)13-10-17-11-21(13)9-5-6-14-18-7-8-19-14/h7-8,10-12H,5-6,9H2,1-4H3,(H,18,19)(H,20,22)/t12-/m0/s1. The van der Waals surface area contributed by atoms with Gasteiger partial charge in [0.05, 0.1) is 24.3 Å². The number of ether oxygens (including phenoxy) is 1. The molecule has 0 fully saturated rings. The number of carbonyl (C=O) groups excluding carboxylic acids is 1. The third-order valence-electron chi connectivity index (χ3n) is 3.29. The van der Waals surface area contributed by atoms with Gasteiger partial charge in [-0.05, 0) is 34.1 Å². The molecular formula is C16H25N5O2. The Balaban J connectivity index is 1.87. The highest BCUT2D eigenvalue weighted by Gasteiger charge is 2.19. The van der Waals surface area contributed by atoms with Crippen LogP contribution in [0.3, 0.4) is 0 Å². The van der Waals surface area contributed by atoms with E-state index in [1.165, 1.54) is 0 Å². The van der Waals surface area contributed by atoms with E-state index < -0.39 is 11.7 Å². The fraction of sp³-hybridized carbons (Fsp3) is 0.562. The van der Waals surface area contributed by atoms with E-state index in [1.54, 1.807) is 18.7 Å².